The molecule has 0 radical (unpaired) electrons. The van der Waals surface area contributed by atoms with Gasteiger partial charge in [0, 0.05) is 11.4 Å². The van der Waals surface area contributed by atoms with Gasteiger partial charge >= 0.3 is 0 Å². The molecule has 0 saturated heterocycles. The molecule has 0 aliphatic rings. The van der Waals surface area contributed by atoms with Crippen LogP contribution >= 0.6 is 0 Å². The van der Waals surface area contributed by atoms with E-state index in [0.29, 0.717) is 11.4 Å². The van der Waals surface area contributed by atoms with E-state index in [1.165, 1.54) is 24.3 Å². The first kappa shape index (κ1) is 16.8. The maximum atomic E-state index is 10.9. The summed E-state index contributed by atoms with van der Waals surface area (Å²) in [4.78, 5) is -0.289. The van der Waals surface area contributed by atoms with E-state index < -0.39 is 10.1 Å². The fraction of sp³-hybridized carbons (Fsp3) is 0. The zero-order chi connectivity index (χ0) is 17.7. The van der Waals surface area contributed by atoms with Crippen molar-refractivity contribution >= 4 is 32.9 Å². The van der Waals surface area contributed by atoms with Crippen LogP contribution in [-0.4, -0.2) is 13.0 Å². The molecule has 0 aromatic heterocycles. The van der Waals surface area contributed by atoms with Gasteiger partial charge in [0.15, 0.2) is 0 Å². The number of benzene rings is 3. The Morgan fingerprint density at radius 1 is 0.680 bits per heavy atom. The number of nitrogens with zero attached hydrogens (tertiary/aromatic N) is 2. The highest BCUT2D eigenvalue weighted by molar-refractivity contribution is 7.85. The lowest BCUT2D eigenvalue weighted by Gasteiger charge is -2.06. The van der Waals surface area contributed by atoms with Gasteiger partial charge < -0.3 is 9.87 Å². The number of hydrogen-bond donors (Lipinski definition) is 1. The quantitative estimate of drug-likeness (QED) is 0.529. The van der Waals surface area contributed by atoms with Crippen molar-refractivity contribution in [3.8, 4) is 0 Å². The monoisotopic (exact) mass is 352 g/mol. The summed E-state index contributed by atoms with van der Waals surface area (Å²) in [5.74, 6) is 0. The molecule has 0 unspecified atom stereocenters. The second-order valence-corrected chi connectivity index (χ2v) is 6.57. The smallest absolute Gasteiger partial charge is 0.124 e. The zero-order valence-electron chi connectivity index (χ0n) is 13.0. The summed E-state index contributed by atoms with van der Waals surface area (Å²) in [6.07, 6.45) is 0. The largest absolute Gasteiger partial charge is 0.744 e. The van der Waals surface area contributed by atoms with Gasteiger partial charge in [-0.1, -0.05) is 18.2 Å². The van der Waals surface area contributed by atoms with Gasteiger partial charge in [-0.2, -0.15) is 10.2 Å². The Labute approximate surface area is 145 Å². The lowest BCUT2D eigenvalue weighted by atomic mass is 10.2. The van der Waals surface area contributed by atoms with E-state index in [1.54, 1.807) is 0 Å². The van der Waals surface area contributed by atoms with Crippen LogP contribution in [0.4, 0.5) is 22.7 Å². The maximum absolute atomic E-state index is 10.9. The van der Waals surface area contributed by atoms with Crippen LogP contribution in [0.3, 0.4) is 0 Å². The molecule has 0 heterocycles. The van der Waals surface area contributed by atoms with Gasteiger partial charge in [0.05, 0.1) is 16.3 Å². The zero-order valence-corrected chi connectivity index (χ0v) is 13.8. The number of para-hydroxylation sites is 1. The normalized spacial score (nSPS) is 11.6. The fourth-order valence-electron chi connectivity index (χ4n) is 2.09. The first-order chi connectivity index (χ1) is 12.0. The van der Waals surface area contributed by atoms with Gasteiger partial charge in [0.2, 0.25) is 0 Å². The van der Waals surface area contributed by atoms with Crippen molar-refractivity contribution in [3.05, 3.63) is 78.9 Å². The van der Waals surface area contributed by atoms with Crippen LogP contribution in [0.1, 0.15) is 0 Å². The van der Waals surface area contributed by atoms with Crippen molar-refractivity contribution in [3.63, 3.8) is 0 Å². The number of hydrogen-bond acceptors (Lipinski definition) is 6. The van der Waals surface area contributed by atoms with Gasteiger partial charge in [-0.15, -0.1) is 0 Å². The molecule has 1 N–H and O–H groups in total. The van der Waals surface area contributed by atoms with Crippen molar-refractivity contribution in [2.24, 2.45) is 10.2 Å². The molecule has 126 valence electrons. The third kappa shape index (κ3) is 4.72. The molecule has 3 rings (SSSR count). The maximum Gasteiger partial charge on any atom is 0.124 e. The average molecular weight is 352 g/mol. The molecule has 0 bridgehead atoms. The molecule has 0 amide bonds. The SMILES string of the molecule is O=S(=O)([O-])c1ccc(N=Nc2ccc(Nc3ccccc3)cc2)cc1. The lowest BCUT2D eigenvalue weighted by molar-refractivity contribution is 0.463. The minimum atomic E-state index is -4.45. The van der Waals surface area contributed by atoms with Crippen LogP contribution < -0.4 is 5.32 Å². The van der Waals surface area contributed by atoms with Crippen LogP contribution in [0.2, 0.25) is 0 Å². The van der Waals surface area contributed by atoms with Crippen molar-refractivity contribution in [1.82, 2.24) is 0 Å². The van der Waals surface area contributed by atoms with E-state index in [9.17, 15) is 13.0 Å². The second-order valence-electron chi connectivity index (χ2n) is 5.19. The third-order valence-corrected chi connectivity index (χ3v) is 4.19. The standard InChI is InChI=1S/C18H15N3O3S/c22-25(23,24)18-12-10-17(11-13-18)21-20-16-8-6-15(7-9-16)19-14-4-2-1-3-5-14/h1-13,19H,(H,22,23,24)/p-1. The van der Waals surface area contributed by atoms with Gasteiger partial charge in [-0.3, -0.25) is 0 Å². The molecular formula is C18H14N3O3S-. The predicted octanol–water partition coefficient (Wildman–Crippen LogP) is 4.75. The van der Waals surface area contributed by atoms with Crippen molar-refractivity contribution < 1.29 is 13.0 Å². The van der Waals surface area contributed by atoms with Gasteiger partial charge in [-0.25, -0.2) is 8.42 Å². The van der Waals surface area contributed by atoms with Crippen LogP contribution in [0, 0.1) is 0 Å². The molecule has 0 atom stereocenters. The molecule has 7 heteroatoms. The molecule has 0 aliphatic heterocycles. The van der Waals surface area contributed by atoms with E-state index in [4.69, 9.17) is 0 Å². The Morgan fingerprint density at radius 2 is 1.16 bits per heavy atom. The Morgan fingerprint density at radius 3 is 1.68 bits per heavy atom. The summed E-state index contributed by atoms with van der Waals surface area (Å²) in [6.45, 7) is 0. The fourth-order valence-corrected chi connectivity index (χ4v) is 2.56. The summed E-state index contributed by atoms with van der Waals surface area (Å²) in [7, 11) is -4.45. The van der Waals surface area contributed by atoms with Crippen LogP contribution in [0.25, 0.3) is 0 Å². The van der Waals surface area contributed by atoms with Crippen LogP contribution in [0.15, 0.2) is 94.0 Å². The van der Waals surface area contributed by atoms with E-state index in [-0.39, 0.29) is 4.90 Å². The summed E-state index contributed by atoms with van der Waals surface area (Å²) < 4.78 is 32.6. The van der Waals surface area contributed by atoms with Gasteiger partial charge in [-0.05, 0) is 60.7 Å². The summed E-state index contributed by atoms with van der Waals surface area (Å²) in [5, 5.41) is 11.4. The minimum Gasteiger partial charge on any atom is -0.744 e. The Hall–Kier alpha value is -3.03. The third-order valence-electron chi connectivity index (χ3n) is 3.34. The first-order valence-corrected chi connectivity index (χ1v) is 8.81. The number of anilines is 2. The topological polar surface area (TPSA) is 94.0 Å². The highest BCUT2D eigenvalue weighted by atomic mass is 32.2. The van der Waals surface area contributed by atoms with Crippen molar-refractivity contribution in [2.75, 3.05) is 5.32 Å². The number of rotatable bonds is 5. The summed E-state index contributed by atoms with van der Waals surface area (Å²) >= 11 is 0. The van der Waals surface area contributed by atoms with Gasteiger partial charge in [0.25, 0.3) is 0 Å². The minimum absolute atomic E-state index is 0.289. The lowest BCUT2D eigenvalue weighted by Crippen LogP contribution is -1.97. The van der Waals surface area contributed by atoms with Crippen LogP contribution in [-0.2, 0) is 10.1 Å². The van der Waals surface area contributed by atoms with E-state index in [0.717, 1.165) is 11.4 Å². The Kier molecular flexibility index (Phi) is 4.87. The molecule has 3 aromatic carbocycles. The summed E-state index contributed by atoms with van der Waals surface area (Å²) in [6, 6.07) is 22.5. The highest BCUT2D eigenvalue weighted by Gasteiger charge is 2.00. The molecule has 6 nitrogen and oxygen atoms in total. The van der Waals surface area contributed by atoms with E-state index in [1.807, 2.05) is 54.6 Å². The van der Waals surface area contributed by atoms with E-state index in [2.05, 4.69) is 15.5 Å². The van der Waals surface area contributed by atoms with Crippen LogP contribution in [0.5, 0.6) is 0 Å². The Balaban J connectivity index is 1.67. The molecule has 3 aromatic rings. The molecular weight excluding hydrogens is 338 g/mol. The predicted molar refractivity (Wildman–Crippen MR) is 94.7 cm³/mol. The first-order valence-electron chi connectivity index (χ1n) is 7.40. The Bertz CT molecular complexity index is 968. The van der Waals surface area contributed by atoms with Crippen molar-refractivity contribution in [2.45, 2.75) is 4.90 Å². The summed E-state index contributed by atoms with van der Waals surface area (Å²) in [5.41, 5.74) is 3.03. The molecule has 25 heavy (non-hydrogen) atoms. The number of nitrogens with one attached hydrogen (secondary N) is 1. The van der Waals surface area contributed by atoms with E-state index >= 15 is 0 Å². The number of azo groups is 1. The second kappa shape index (κ2) is 7.25. The molecule has 0 fully saturated rings. The molecule has 0 aliphatic carbocycles. The molecule has 0 spiro atoms. The average Bonchev–Trinajstić information content (AvgIpc) is 2.62. The van der Waals surface area contributed by atoms with Gasteiger partial charge in [0.1, 0.15) is 10.1 Å². The highest BCUT2D eigenvalue weighted by Crippen LogP contribution is 2.23. The molecule has 0 saturated carbocycles. The van der Waals surface area contributed by atoms with Crippen molar-refractivity contribution in [1.29, 1.82) is 0 Å².